The van der Waals surface area contributed by atoms with Gasteiger partial charge in [-0.25, -0.2) is 0 Å². The first-order valence-electron chi connectivity index (χ1n) is 9.60. The van der Waals surface area contributed by atoms with Gasteiger partial charge in [-0.2, -0.15) is 0 Å². The minimum absolute atomic E-state index is 0.115. The standard InChI is InChI=1S/C21H27N3O2/c1-17-20(9-15-26-17)21(25)24-10-5-8-19(16-24)23-13-11-22(12-14-23)18-6-3-2-4-7-18/h2-4,6-7,9,15,19H,5,8,10-14,16H2,1H3/t19-/m0/s1. The van der Waals surface area contributed by atoms with Gasteiger partial charge in [-0.3, -0.25) is 9.69 Å². The van der Waals surface area contributed by atoms with Gasteiger partial charge in [-0.15, -0.1) is 0 Å². The smallest absolute Gasteiger partial charge is 0.257 e. The van der Waals surface area contributed by atoms with E-state index < -0.39 is 0 Å². The quantitative estimate of drug-likeness (QED) is 0.850. The Morgan fingerprint density at radius 1 is 1.04 bits per heavy atom. The number of carbonyl (C=O) groups excluding carboxylic acids is 1. The van der Waals surface area contributed by atoms with Crippen LogP contribution in [0.25, 0.3) is 0 Å². The van der Waals surface area contributed by atoms with E-state index in [4.69, 9.17) is 4.42 Å². The van der Waals surface area contributed by atoms with Crippen LogP contribution >= 0.6 is 0 Å². The number of nitrogens with zero attached hydrogens (tertiary/aromatic N) is 3. The number of furan rings is 1. The van der Waals surface area contributed by atoms with E-state index >= 15 is 0 Å². The van der Waals surface area contributed by atoms with Crippen LogP contribution in [0.3, 0.4) is 0 Å². The highest BCUT2D eigenvalue weighted by Crippen LogP contribution is 2.22. The minimum atomic E-state index is 0.115. The number of hydrogen-bond acceptors (Lipinski definition) is 4. The second-order valence-corrected chi connectivity index (χ2v) is 7.30. The molecule has 0 spiro atoms. The Balaban J connectivity index is 1.35. The maximum atomic E-state index is 12.8. The number of piperidine rings is 1. The SMILES string of the molecule is Cc1occc1C(=O)N1CCC[C@H](N2CCN(c3ccccc3)CC2)C1. The molecule has 2 aromatic rings. The first-order valence-corrected chi connectivity index (χ1v) is 9.60. The number of para-hydroxylation sites is 1. The molecule has 1 atom stereocenters. The summed E-state index contributed by atoms with van der Waals surface area (Å²) in [6.45, 7) is 7.76. The molecule has 1 amide bonds. The molecule has 0 aliphatic carbocycles. The van der Waals surface area contributed by atoms with E-state index in [1.807, 2.05) is 11.8 Å². The van der Waals surface area contributed by atoms with Crippen molar-refractivity contribution in [3.05, 3.63) is 54.0 Å². The topological polar surface area (TPSA) is 39.9 Å². The number of benzene rings is 1. The molecule has 3 heterocycles. The predicted octanol–water partition coefficient (Wildman–Crippen LogP) is 3.01. The van der Waals surface area contributed by atoms with Crippen LogP contribution < -0.4 is 4.90 Å². The number of carbonyl (C=O) groups is 1. The molecule has 0 unspecified atom stereocenters. The molecule has 2 aliphatic heterocycles. The Bertz CT molecular complexity index is 735. The van der Waals surface area contributed by atoms with Crippen LogP contribution in [-0.2, 0) is 0 Å². The molecule has 0 saturated carbocycles. The van der Waals surface area contributed by atoms with Crippen LogP contribution in [0, 0.1) is 6.92 Å². The van der Waals surface area contributed by atoms with Gasteiger partial charge in [0, 0.05) is 51.0 Å². The Hall–Kier alpha value is -2.27. The second kappa shape index (κ2) is 7.54. The molecular formula is C21H27N3O2. The number of anilines is 1. The van der Waals surface area contributed by atoms with Crippen molar-refractivity contribution in [1.82, 2.24) is 9.80 Å². The average molecular weight is 353 g/mol. The fourth-order valence-corrected chi connectivity index (χ4v) is 4.20. The highest BCUT2D eigenvalue weighted by atomic mass is 16.3. The van der Waals surface area contributed by atoms with Crippen molar-refractivity contribution in [2.75, 3.05) is 44.2 Å². The van der Waals surface area contributed by atoms with Crippen LogP contribution in [0.2, 0.25) is 0 Å². The van der Waals surface area contributed by atoms with Gasteiger partial charge in [0.25, 0.3) is 5.91 Å². The van der Waals surface area contributed by atoms with E-state index in [1.54, 1.807) is 12.3 Å². The Morgan fingerprint density at radius 2 is 1.81 bits per heavy atom. The summed E-state index contributed by atoms with van der Waals surface area (Å²) in [6, 6.07) is 12.9. The molecule has 2 fully saturated rings. The highest BCUT2D eigenvalue weighted by molar-refractivity contribution is 5.95. The maximum absolute atomic E-state index is 12.8. The van der Waals surface area contributed by atoms with Crippen molar-refractivity contribution in [2.45, 2.75) is 25.8 Å². The number of rotatable bonds is 3. The van der Waals surface area contributed by atoms with E-state index in [0.717, 1.165) is 45.7 Å². The number of piperazine rings is 1. The average Bonchev–Trinajstić information content (AvgIpc) is 3.14. The number of amides is 1. The molecule has 26 heavy (non-hydrogen) atoms. The lowest BCUT2D eigenvalue weighted by molar-refractivity contribution is 0.0562. The number of likely N-dealkylation sites (tertiary alicyclic amines) is 1. The third-order valence-corrected chi connectivity index (χ3v) is 5.72. The summed E-state index contributed by atoms with van der Waals surface area (Å²) in [5.41, 5.74) is 2.02. The van der Waals surface area contributed by atoms with Crippen LogP contribution in [0.15, 0.2) is 47.1 Å². The lowest BCUT2D eigenvalue weighted by atomic mass is 10.0. The van der Waals surface area contributed by atoms with Crippen molar-refractivity contribution in [2.24, 2.45) is 0 Å². The second-order valence-electron chi connectivity index (χ2n) is 7.30. The van der Waals surface area contributed by atoms with Crippen LogP contribution in [0.1, 0.15) is 29.0 Å². The van der Waals surface area contributed by atoms with Gasteiger partial charge >= 0.3 is 0 Å². The zero-order valence-electron chi connectivity index (χ0n) is 15.4. The van der Waals surface area contributed by atoms with Gasteiger partial charge in [0.1, 0.15) is 5.76 Å². The lowest BCUT2D eigenvalue weighted by Crippen LogP contribution is -2.55. The Morgan fingerprint density at radius 3 is 2.50 bits per heavy atom. The number of aryl methyl sites for hydroxylation is 1. The zero-order valence-corrected chi connectivity index (χ0v) is 15.4. The summed E-state index contributed by atoms with van der Waals surface area (Å²) in [7, 11) is 0. The predicted molar refractivity (Wildman–Crippen MR) is 103 cm³/mol. The van der Waals surface area contributed by atoms with E-state index in [0.29, 0.717) is 17.4 Å². The van der Waals surface area contributed by atoms with E-state index in [2.05, 4.69) is 40.1 Å². The van der Waals surface area contributed by atoms with Gasteiger partial charge in [-0.1, -0.05) is 18.2 Å². The van der Waals surface area contributed by atoms with Gasteiger partial charge in [0.05, 0.1) is 11.8 Å². The molecule has 1 aromatic heterocycles. The summed E-state index contributed by atoms with van der Waals surface area (Å²) in [5.74, 6) is 0.831. The van der Waals surface area contributed by atoms with Crippen LogP contribution in [-0.4, -0.2) is 61.0 Å². The highest BCUT2D eigenvalue weighted by Gasteiger charge is 2.31. The third-order valence-electron chi connectivity index (χ3n) is 5.72. The van der Waals surface area contributed by atoms with Crippen molar-refractivity contribution in [3.8, 4) is 0 Å². The minimum Gasteiger partial charge on any atom is -0.469 e. The lowest BCUT2D eigenvalue weighted by Gasteiger charge is -2.44. The summed E-state index contributed by atoms with van der Waals surface area (Å²) < 4.78 is 5.31. The van der Waals surface area contributed by atoms with Gasteiger partial charge < -0.3 is 14.2 Å². The van der Waals surface area contributed by atoms with Crippen molar-refractivity contribution in [1.29, 1.82) is 0 Å². The maximum Gasteiger partial charge on any atom is 0.257 e. The summed E-state index contributed by atoms with van der Waals surface area (Å²) in [6.07, 6.45) is 3.86. The van der Waals surface area contributed by atoms with E-state index in [-0.39, 0.29) is 5.91 Å². The Labute approximate surface area is 155 Å². The molecule has 5 nitrogen and oxygen atoms in total. The van der Waals surface area contributed by atoms with Crippen molar-refractivity contribution in [3.63, 3.8) is 0 Å². The molecule has 138 valence electrons. The third kappa shape index (κ3) is 3.49. The number of hydrogen-bond donors (Lipinski definition) is 0. The Kier molecular flexibility index (Phi) is 4.98. The van der Waals surface area contributed by atoms with Crippen molar-refractivity contribution < 1.29 is 9.21 Å². The van der Waals surface area contributed by atoms with Gasteiger partial charge in [0.2, 0.25) is 0 Å². The van der Waals surface area contributed by atoms with E-state index in [9.17, 15) is 4.79 Å². The molecule has 0 bridgehead atoms. The first-order chi connectivity index (χ1) is 12.7. The monoisotopic (exact) mass is 353 g/mol. The summed E-state index contributed by atoms with van der Waals surface area (Å²) >= 11 is 0. The molecule has 0 N–H and O–H groups in total. The molecule has 2 aliphatic rings. The molecule has 4 rings (SSSR count). The fourth-order valence-electron chi connectivity index (χ4n) is 4.20. The van der Waals surface area contributed by atoms with Crippen LogP contribution in [0.5, 0.6) is 0 Å². The first kappa shape index (κ1) is 17.2. The molecular weight excluding hydrogens is 326 g/mol. The fraction of sp³-hybridized carbons (Fsp3) is 0.476. The van der Waals surface area contributed by atoms with E-state index in [1.165, 1.54) is 12.1 Å². The molecule has 2 saturated heterocycles. The normalized spacial score (nSPS) is 21.8. The molecule has 0 radical (unpaired) electrons. The summed E-state index contributed by atoms with van der Waals surface area (Å²) in [5, 5.41) is 0. The van der Waals surface area contributed by atoms with Gasteiger partial charge in [0.15, 0.2) is 0 Å². The largest absolute Gasteiger partial charge is 0.469 e. The van der Waals surface area contributed by atoms with Gasteiger partial charge in [-0.05, 0) is 38.0 Å². The zero-order chi connectivity index (χ0) is 17.9. The molecule has 5 heteroatoms. The van der Waals surface area contributed by atoms with Crippen LogP contribution in [0.4, 0.5) is 5.69 Å². The van der Waals surface area contributed by atoms with Crippen molar-refractivity contribution >= 4 is 11.6 Å². The summed E-state index contributed by atoms with van der Waals surface area (Å²) in [4.78, 5) is 19.8. The molecule has 1 aromatic carbocycles.